The quantitative estimate of drug-likeness (QED) is 0.199. The summed E-state index contributed by atoms with van der Waals surface area (Å²) >= 11 is 0. The summed E-state index contributed by atoms with van der Waals surface area (Å²) in [6.07, 6.45) is 4.98. The highest BCUT2D eigenvalue weighted by molar-refractivity contribution is 6.08. The Morgan fingerprint density at radius 2 is 1.51 bits per heavy atom. The molecule has 1 aromatic heterocycles. The van der Waals surface area contributed by atoms with Crippen LogP contribution in [0.4, 0.5) is 5.69 Å². The first-order valence-electron chi connectivity index (χ1n) is 13.5. The van der Waals surface area contributed by atoms with Crippen LogP contribution in [0.2, 0.25) is 0 Å². The molecule has 0 aliphatic carbocycles. The number of anilines is 1. The molecule has 41 heavy (non-hydrogen) atoms. The van der Waals surface area contributed by atoms with Gasteiger partial charge in [-0.15, -0.1) is 0 Å². The molecule has 5 aromatic rings. The average Bonchev–Trinajstić information content (AvgIpc) is 3.47. The lowest BCUT2D eigenvalue weighted by molar-refractivity contribution is 0.0693. The number of nitrogens with zero attached hydrogens (tertiary/aromatic N) is 1. The Morgan fingerprint density at radius 1 is 0.829 bits per heavy atom. The minimum Gasteiger partial charge on any atom is -0.507 e. The fourth-order valence-corrected chi connectivity index (χ4v) is 4.56. The fourth-order valence-electron chi connectivity index (χ4n) is 4.56. The molecule has 1 amide bonds. The number of benzene rings is 4. The molecule has 1 heterocycles. The van der Waals surface area contributed by atoms with Crippen molar-refractivity contribution < 1.29 is 24.2 Å². The van der Waals surface area contributed by atoms with E-state index in [4.69, 9.17) is 4.42 Å². The topological polar surface area (TPSA) is 91.0 Å². The van der Waals surface area contributed by atoms with Crippen LogP contribution in [0.3, 0.4) is 0 Å². The summed E-state index contributed by atoms with van der Waals surface area (Å²) in [5.74, 6) is 4.43. The van der Waals surface area contributed by atoms with Crippen molar-refractivity contribution in [3.05, 3.63) is 131 Å². The predicted octanol–water partition coefficient (Wildman–Crippen LogP) is 7.43. The van der Waals surface area contributed by atoms with Crippen LogP contribution < -0.4 is 4.90 Å². The molecule has 6 nitrogen and oxygen atoms in total. The van der Waals surface area contributed by atoms with Gasteiger partial charge in [0, 0.05) is 27.8 Å². The van der Waals surface area contributed by atoms with Crippen LogP contribution in [-0.4, -0.2) is 22.1 Å². The monoisotopic (exact) mass is 543 g/mol. The molecule has 0 saturated heterocycles. The molecule has 2 N–H and O–H groups in total. The molecule has 4 aromatic carbocycles. The lowest BCUT2D eigenvalue weighted by atomic mass is 10.1. The maximum absolute atomic E-state index is 13.8. The van der Waals surface area contributed by atoms with Crippen molar-refractivity contribution in [1.29, 1.82) is 0 Å². The standard InChI is InChI=1S/C35H29NO5/c1-2-3-4-24-5-7-25(8-6-24)9-10-26-11-13-27(14-12-26)23-36(30-16-17-32(37)31(22-30)35(39)40)34(38)29-15-18-33-28(21-29)19-20-41-33/h5-8,11-22,37H,2-4,23H2,1H3,(H,39,40). The highest BCUT2D eigenvalue weighted by atomic mass is 16.4. The van der Waals surface area contributed by atoms with Crippen molar-refractivity contribution in [2.45, 2.75) is 32.7 Å². The summed E-state index contributed by atoms with van der Waals surface area (Å²) in [5, 5.41) is 20.4. The second-order valence-electron chi connectivity index (χ2n) is 9.82. The first-order valence-corrected chi connectivity index (χ1v) is 13.5. The van der Waals surface area contributed by atoms with Gasteiger partial charge < -0.3 is 19.5 Å². The van der Waals surface area contributed by atoms with Gasteiger partial charge in [-0.2, -0.15) is 0 Å². The molecule has 5 rings (SSSR count). The van der Waals surface area contributed by atoms with E-state index in [0.29, 0.717) is 16.8 Å². The third-order valence-corrected chi connectivity index (χ3v) is 6.89. The number of phenols is 1. The Balaban J connectivity index is 1.40. The largest absolute Gasteiger partial charge is 0.507 e. The number of carboxylic acid groups (broad SMARTS) is 1. The Morgan fingerprint density at radius 3 is 2.17 bits per heavy atom. The fraction of sp³-hybridized carbons (Fsp3) is 0.143. The van der Waals surface area contributed by atoms with Crippen LogP contribution in [0.15, 0.2) is 102 Å². The number of carboxylic acids is 1. The number of fused-ring (bicyclic) bond motifs is 1. The van der Waals surface area contributed by atoms with E-state index in [0.717, 1.165) is 28.5 Å². The number of carbonyl (C=O) groups is 2. The maximum atomic E-state index is 13.8. The summed E-state index contributed by atoms with van der Waals surface area (Å²) in [4.78, 5) is 26.9. The molecule has 0 spiro atoms. The first-order chi connectivity index (χ1) is 19.9. The van der Waals surface area contributed by atoms with Crippen LogP contribution in [0.1, 0.15) is 62.7 Å². The van der Waals surface area contributed by atoms with E-state index >= 15 is 0 Å². The number of aromatic carboxylic acids is 1. The average molecular weight is 544 g/mol. The minimum absolute atomic E-state index is 0.180. The normalized spacial score (nSPS) is 10.7. The summed E-state index contributed by atoms with van der Waals surface area (Å²) in [5.41, 5.74) is 5.08. The smallest absolute Gasteiger partial charge is 0.339 e. The zero-order chi connectivity index (χ0) is 28.8. The SMILES string of the molecule is CCCCc1ccc(C#Cc2ccc(CN(C(=O)c3ccc4occc4c3)c3ccc(O)c(C(=O)O)c3)cc2)cc1. The van der Waals surface area contributed by atoms with Gasteiger partial charge in [-0.05, 0) is 90.7 Å². The molecule has 6 heteroatoms. The molecule has 0 atom stereocenters. The minimum atomic E-state index is -1.28. The third-order valence-electron chi connectivity index (χ3n) is 6.89. The van der Waals surface area contributed by atoms with E-state index in [1.165, 1.54) is 41.5 Å². The van der Waals surface area contributed by atoms with Gasteiger partial charge in [0.25, 0.3) is 5.91 Å². The van der Waals surface area contributed by atoms with Gasteiger partial charge in [-0.3, -0.25) is 4.79 Å². The number of aryl methyl sites for hydroxylation is 1. The Kier molecular flexibility index (Phi) is 8.17. The molecule has 0 saturated carbocycles. The number of rotatable bonds is 8. The van der Waals surface area contributed by atoms with Crippen molar-refractivity contribution in [3.8, 4) is 17.6 Å². The summed E-state index contributed by atoms with van der Waals surface area (Å²) in [6, 6.07) is 27.0. The summed E-state index contributed by atoms with van der Waals surface area (Å²) in [6.45, 7) is 2.36. The second kappa shape index (κ2) is 12.3. The Bertz CT molecular complexity index is 1750. The van der Waals surface area contributed by atoms with Gasteiger partial charge in [0.1, 0.15) is 16.9 Å². The van der Waals surface area contributed by atoms with E-state index in [2.05, 4.69) is 30.9 Å². The van der Waals surface area contributed by atoms with Crippen LogP contribution in [0, 0.1) is 11.8 Å². The Hall–Kier alpha value is -5.28. The molecule has 0 aliphatic heterocycles. The van der Waals surface area contributed by atoms with Crippen molar-refractivity contribution in [2.24, 2.45) is 0 Å². The molecule has 0 fully saturated rings. The van der Waals surface area contributed by atoms with E-state index in [1.807, 2.05) is 36.4 Å². The molecular formula is C35H29NO5. The van der Waals surface area contributed by atoms with Gasteiger partial charge >= 0.3 is 5.97 Å². The third kappa shape index (κ3) is 6.48. The van der Waals surface area contributed by atoms with Crippen LogP contribution in [0.5, 0.6) is 5.75 Å². The number of hydrogen-bond acceptors (Lipinski definition) is 4. The van der Waals surface area contributed by atoms with Gasteiger partial charge in [0.2, 0.25) is 0 Å². The summed E-state index contributed by atoms with van der Waals surface area (Å²) in [7, 11) is 0. The predicted molar refractivity (Wildman–Crippen MR) is 159 cm³/mol. The lowest BCUT2D eigenvalue weighted by Gasteiger charge is -2.24. The highest BCUT2D eigenvalue weighted by Crippen LogP contribution is 2.28. The van der Waals surface area contributed by atoms with Crippen LogP contribution >= 0.6 is 0 Å². The van der Waals surface area contributed by atoms with Crippen molar-refractivity contribution in [1.82, 2.24) is 0 Å². The number of carbonyl (C=O) groups excluding carboxylic acids is 1. The van der Waals surface area contributed by atoms with E-state index in [9.17, 15) is 19.8 Å². The molecule has 0 aliphatic rings. The summed E-state index contributed by atoms with van der Waals surface area (Å²) < 4.78 is 5.40. The zero-order valence-corrected chi connectivity index (χ0v) is 22.6. The zero-order valence-electron chi connectivity index (χ0n) is 22.6. The first kappa shape index (κ1) is 27.3. The van der Waals surface area contributed by atoms with E-state index in [1.54, 1.807) is 30.5 Å². The van der Waals surface area contributed by atoms with Crippen molar-refractivity contribution in [2.75, 3.05) is 4.90 Å². The lowest BCUT2D eigenvalue weighted by Crippen LogP contribution is -2.30. The second-order valence-corrected chi connectivity index (χ2v) is 9.82. The maximum Gasteiger partial charge on any atom is 0.339 e. The number of furan rings is 1. The van der Waals surface area contributed by atoms with Crippen LogP contribution in [-0.2, 0) is 13.0 Å². The van der Waals surface area contributed by atoms with Crippen molar-refractivity contribution in [3.63, 3.8) is 0 Å². The molecule has 0 unspecified atom stereocenters. The highest BCUT2D eigenvalue weighted by Gasteiger charge is 2.21. The van der Waals surface area contributed by atoms with Crippen molar-refractivity contribution >= 4 is 28.5 Å². The van der Waals surface area contributed by atoms with Gasteiger partial charge in [-0.1, -0.05) is 49.5 Å². The van der Waals surface area contributed by atoms with E-state index < -0.39 is 5.97 Å². The molecule has 0 bridgehead atoms. The van der Waals surface area contributed by atoms with Crippen LogP contribution in [0.25, 0.3) is 11.0 Å². The molecule has 204 valence electrons. The number of hydrogen-bond donors (Lipinski definition) is 2. The number of amides is 1. The van der Waals surface area contributed by atoms with Gasteiger partial charge in [0.15, 0.2) is 0 Å². The van der Waals surface area contributed by atoms with Gasteiger partial charge in [0.05, 0.1) is 12.8 Å². The molecule has 0 radical (unpaired) electrons. The number of unbranched alkanes of at least 4 members (excludes halogenated alkanes) is 1. The Labute approximate surface area is 238 Å². The number of aromatic hydroxyl groups is 1. The molecular weight excluding hydrogens is 514 g/mol. The van der Waals surface area contributed by atoms with E-state index in [-0.39, 0.29) is 23.8 Å². The van der Waals surface area contributed by atoms with Gasteiger partial charge in [-0.25, -0.2) is 4.79 Å².